The van der Waals surface area contributed by atoms with E-state index in [2.05, 4.69) is 30.3 Å². The maximum atomic E-state index is 5.45. The summed E-state index contributed by atoms with van der Waals surface area (Å²) in [7, 11) is 3.22. The van der Waals surface area contributed by atoms with E-state index >= 15 is 0 Å². The average Bonchev–Trinajstić information content (AvgIpc) is 3.34. The van der Waals surface area contributed by atoms with Gasteiger partial charge in [-0.25, -0.2) is 5.43 Å². The Kier molecular flexibility index (Phi) is 6.43. The Morgan fingerprint density at radius 3 is 2.27 bits per heavy atom. The van der Waals surface area contributed by atoms with Gasteiger partial charge in [-0.05, 0) is 36.6 Å². The minimum absolute atomic E-state index is 0.421. The summed E-state index contributed by atoms with van der Waals surface area (Å²) in [6, 6.07) is 5.59. The summed E-state index contributed by atoms with van der Waals surface area (Å²) in [4.78, 5) is 18.2. The Labute approximate surface area is 175 Å². The van der Waals surface area contributed by atoms with Gasteiger partial charge in [-0.15, -0.1) is 0 Å². The van der Waals surface area contributed by atoms with Crippen molar-refractivity contribution in [3.8, 4) is 11.5 Å². The minimum Gasteiger partial charge on any atom is -0.493 e. The molecular formula is C20H27N7O3. The van der Waals surface area contributed by atoms with Gasteiger partial charge in [0, 0.05) is 26.2 Å². The summed E-state index contributed by atoms with van der Waals surface area (Å²) < 4.78 is 16.1. The van der Waals surface area contributed by atoms with E-state index in [-0.39, 0.29) is 0 Å². The third kappa shape index (κ3) is 4.70. The fourth-order valence-corrected chi connectivity index (χ4v) is 3.46. The molecule has 160 valence electrons. The molecular weight excluding hydrogens is 386 g/mol. The molecule has 2 aliphatic heterocycles. The van der Waals surface area contributed by atoms with Crippen molar-refractivity contribution in [2.75, 3.05) is 68.8 Å². The second-order valence-corrected chi connectivity index (χ2v) is 7.04. The highest BCUT2D eigenvalue weighted by molar-refractivity contribution is 5.81. The standard InChI is InChI=1S/C20H27N7O3/c1-28-16-6-5-15(13-17(16)29-2)14-21-25-18-22-19(26-7-3-4-8-26)24-20(23-18)27-9-11-30-12-10-27/h5-6,13-14H,3-4,7-12H2,1-2H3,(H,22,23,24,25)/b21-14-. The third-order valence-electron chi connectivity index (χ3n) is 5.08. The Hall–Kier alpha value is -3.14. The number of aromatic nitrogens is 3. The monoisotopic (exact) mass is 413 g/mol. The van der Waals surface area contributed by atoms with Crippen molar-refractivity contribution in [3.05, 3.63) is 23.8 Å². The molecule has 10 heteroatoms. The van der Waals surface area contributed by atoms with Crippen molar-refractivity contribution in [2.45, 2.75) is 12.8 Å². The first-order valence-electron chi connectivity index (χ1n) is 10.1. The molecule has 2 saturated heterocycles. The molecule has 0 radical (unpaired) electrons. The fraction of sp³-hybridized carbons (Fsp3) is 0.500. The summed E-state index contributed by atoms with van der Waals surface area (Å²) >= 11 is 0. The zero-order chi connectivity index (χ0) is 20.8. The lowest BCUT2D eigenvalue weighted by atomic mass is 10.2. The largest absolute Gasteiger partial charge is 0.493 e. The number of hydrogen-bond donors (Lipinski definition) is 1. The first kappa shape index (κ1) is 20.1. The van der Waals surface area contributed by atoms with Crippen molar-refractivity contribution < 1.29 is 14.2 Å². The van der Waals surface area contributed by atoms with E-state index in [1.807, 2.05) is 18.2 Å². The number of benzene rings is 1. The van der Waals surface area contributed by atoms with Crippen molar-refractivity contribution >= 4 is 24.1 Å². The van der Waals surface area contributed by atoms with Crippen LogP contribution in [0.15, 0.2) is 23.3 Å². The fourth-order valence-electron chi connectivity index (χ4n) is 3.46. The van der Waals surface area contributed by atoms with Crippen molar-refractivity contribution in [3.63, 3.8) is 0 Å². The highest BCUT2D eigenvalue weighted by Crippen LogP contribution is 2.27. The Balaban J connectivity index is 1.53. The van der Waals surface area contributed by atoms with Crippen LogP contribution in [0.1, 0.15) is 18.4 Å². The number of nitrogens with one attached hydrogen (secondary N) is 1. The molecule has 0 unspecified atom stereocenters. The predicted octanol–water partition coefficient (Wildman–Crippen LogP) is 1.77. The molecule has 2 aliphatic rings. The van der Waals surface area contributed by atoms with E-state index in [9.17, 15) is 0 Å². The minimum atomic E-state index is 0.421. The van der Waals surface area contributed by atoms with Crippen LogP contribution < -0.4 is 24.7 Å². The highest BCUT2D eigenvalue weighted by Gasteiger charge is 2.21. The van der Waals surface area contributed by atoms with Crippen LogP contribution in [0.25, 0.3) is 0 Å². The Bertz CT molecular complexity index is 881. The topological polar surface area (TPSA) is 97.2 Å². The van der Waals surface area contributed by atoms with Gasteiger partial charge in [0.2, 0.25) is 17.8 Å². The van der Waals surface area contributed by atoms with E-state index in [4.69, 9.17) is 19.2 Å². The summed E-state index contributed by atoms with van der Waals surface area (Å²) in [5, 5.41) is 4.31. The van der Waals surface area contributed by atoms with Crippen molar-refractivity contribution in [2.24, 2.45) is 5.10 Å². The Morgan fingerprint density at radius 1 is 0.933 bits per heavy atom. The molecule has 0 atom stereocenters. The molecule has 1 aromatic carbocycles. The molecule has 0 bridgehead atoms. The number of hydrogen-bond acceptors (Lipinski definition) is 10. The van der Waals surface area contributed by atoms with Crippen LogP contribution in [0.3, 0.4) is 0 Å². The maximum Gasteiger partial charge on any atom is 0.250 e. The molecule has 0 saturated carbocycles. The van der Waals surface area contributed by atoms with Crippen LogP contribution in [0.5, 0.6) is 11.5 Å². The number of nitrogens with zero attached hydrogens (tertiary/aromatic N) is 6. The van der Waals surface area contributed by atoms with Gasteiger partial charge in [0.15, 0.2) is 11.5 Å². The molecule has 0 amide bonds. The van der Waals surface area contributed by atoms with Crippen LogP contribution in [0, 0.1) is 0 Å². The third-order valence-corrected chi connectivity index (χ3v) is 5.08. The number of ether oxygens (including phenoxy) is 3. The normalized spacial score (nSPS) is 16.9. The molecule has 10 nitrogen and oxygen atoms in total. The first-order chi connectivity index (χ1) is 14.8. The van der Waals surface area contributed by atoms with Crippen LogP contribution in [0.2, 0.25) is 0 Å². The molecule has 2 aromatic rings. The molecule has 2 fully saturated rings. The summed E-state index contributed by atoms with van der Waals surface area (Å²) in [5.41, 5.74) is 3.82. The zero-order valence-electron chi connectivity index (χ0n) is 17.4. The summed E-state index contributed by atoms with van der Waals surface area (Å²) in [6.45, 7) is 4.79. The SMILES string of the molecule is COc1ccc(/C=N\Nc2nc(N3CCCC3)nc(N3CCOCC3)n2)cc1OC. The molecule has 4 rings (SSSR count). The second kappa shape index (κ2) is 9.57. The lowest BCUT2D eigenvalue weighted by molar-refractivity contribution is 0.122. The molecule has 0 aliphatic carbocycles. The summed E-state index contributed by atoms with van der Waals surface area (Å²) in [5.74, 6) is 3.08. The first-order valence-corrected chi connectivity index (χ1v) is 10.1. The van der Waals surface area contributed by atoms with Crippen molar-refractivity contribution in [1.29, 1.82) is 0 Å². The lowest BCUT2D eigenvalue weighted by Gasteiger charge is -2.27. The van der Waals surface area contributed by atoms with Crippen LogP contribution in [-0.4, -0.2) is 74.8 Å². The Morgan fingerprint density at radius 2 is 1.60 bits per heavy atom. The van der Waals surface area contributed by atoms with Gasteiger partial charge >= 0.3 is 0 Å². The smallest absolute Gasteiger partial charge is 0.250 e. The van der Waals surface area contributed by atoms with Gasteiger partial charge in [-0.3, -0.25) is 0 Å². The van der Waals surface area contributed by atoms with Gasteiger partial charge in [0.1, 0.15) is 0 Å². The van der Waals surface area contributed by atoms with Crippen LogP contribution in [0.4, 0.5) is 17.8 Å². The quantitative estimate of drug-likeness (QED) is 0.538. The van der Waals surface area contributed by atoms with E-state index in [1.54, 1.807) is 20.4 Å². The van der Waals surface area contributed by atoms with Crippen LogP contribution >= 0.6 is 0 Å². The average molecular weight is 413 g/mol. The predicted molar refractivity (Wildman–Crippen MR) is 115 cm³/mol. The van der Waals surface area contributed by atoms with E-state index < -0.39 is 0 Å². The lowest BCUT2D eigenvalue weighted by Crippen LogP contribution is -2.38. The molecule has 1 N–H and O–H groups in total. The number of methoxy groups -OCH3 is 2. The molecule has 1 aromatic heterocycles. The van der Waals surface area contributed by atoms with E-state index in [1.165, 1.54) is 0 Å². The van der Waals surface area contributed by atoms with Crippen molar-refractivity contribution in [1.82, 2.24) is 15.0 Å². The van der Waals surface area contributed by atoms with Gasteiger partial charge in [-0.2, -0.15) is 20.1 Å². The molecule has 30 heavy (non-hydrogen) atoms. The highest BCUT2D eigenvalue weighted by atomic mass is 16.5. The zero-order valence-corrected chi connectivity index (χ0v) is 17.4. The second-order valence-electron chi connectivity index (χ2n) is 7.04. The number of morpholine rings is 1. The number of anilines is 3. The van der Waals surface area contributed by atoms with E-state index in [0.717, 1.165) is 44.6 Å². The summed E-state index contributed by atoms with van der Waals surface area (Å²) in [6.07, 6.45) is 3.99. The van der Waals surface area contributed by atoms with E-state index in [0.29, 0.717) is 42.6 Å². The molecule has 3 heterocycles. The number of rotatable bonds is 7. The number of hydrazone groups is 1. The van der Waals surface area contributed by atoms with Gasteiger partial charge in [0.05, 0.1) is 33.6 Å². The maximum absolute atomic E-state index is 5.45. The van der Waals surface area contributed by atoms with Gasteiger partial charge < -0.3 is 24.0 Å². The van der Waals surface area contributed by atoms with Gasteiger partial charge in [0.25, 0.3) is 0 Å². The van der Waals surface area contributed by atoms with Crippen LogP contribution in [-0.2, 0) is 4.74 Å². The van der Waals surface area contributed by atoms with Gasteiger partial charge in [-0.1, -0.05) is 0 Å². The molecule has 0 spiro atoms.